The van der Waals surface area contributed by atoms with Crippen LogP contribution in [0.1, 0.15) is 13.8 Å². The highest BCUT2D eigenvalue weighted by Crippen LogP contribution is 2.30. The minimum atomic E-state index is -0.590. The topological polar surface area (TPSA) is 71.5 Å². The summed E-state index contributed by atoms with van der Waals surface area (Å²) in [5.41, 5.74) is 1.07. The number of ether oxygens (including phenoxy) is 1. The molecular weight excluding hydrogens is 282 g/mol. The first-order valence-corrected chi connectivity index (χ1v) is 6.88. The molecule has 6 nitrogen and oxygen atoms in total. The second-order valence-electron chi connectivity index (χ2n) is 4.41. The highest BCUT2D eigenvalue weighted by molar-refractivity contribution is 6.02. The molecule has 0 spiro atoms. The van der Waals surface area contributed by atoms with Crippen LogP contribution in [0, 0.1) is 0 Å². The predicted octanol–water partition coefficient (Wildman–Crippen LogP) is 3.33. The van der Waals surface area contributed by atoms with Crippen molar-refractivity contribution in [2.24, 2.45) is 0 Å². The van der Waals surface area contributed by atoms with Gasteiger partial charge in [-0.25, -0.2) is 9.78 Å². The summed E-state index contributed by atoms with van der Waals surface area (Å²) in [6.45, 7) is 3.42. The zero-order valence-electron chi connectivity index (χ0n) is 12.4. The Labute approximate surface area is 128 Å². The fourth-order valence-corrected chi connectivity index (χ4v) is 1.98. The fourth-order valence-electron chi connectivity index (χ4n) is 1.98. The number of para-hydroxylation sites is 1. The number of benzene rings is 1. The van der Waals surface area contributed by atoms with Gasteiger partial charge in [0.1, 0.15) is 0 Å². The summed E-state index contributed by atoms with van der Waals surface area (Å²) in [7, 11) is 0. The molecule has 1 aromatic heterocycles. The summed E-state index contributed by atoms with van der Waals surface area (Å²) < 4.78 is 4.87. The molecule has 1 aromatic carbocycles. The number of amides is 2. The van der Waals surface area contributed by atoms with E-state index in [-0.39, 0.29) is 12.5 Å². The van der Waals surface area contributed by atoms with Crippen molar-refractivity contribution in [2.75, 3.05) is 16.8 Å². The van der Waals surface area contributed by atoms with E-state index in [1.165, 1.54) is 11.8 Å². The minimum absolute atomic E-state index is 0.211. The molecule has 0 atom stereocenters. The molecule has 1 N–H and O–H groups in total. The maximum absolute atomic E-state index is 12.1. The summed E-state index contributed by atoms with van der Waals surface area (Å²) in [5, 5.41) is 2.60. The van der Waals surface area contributed by atoms with Crippen molar-refractivity contribution in [3.8, 4) is 0 Å². The fraction of sp³-hybridized carbons (Fsp3) is 0.188. The predicted molar refractivity (Wildman–Crippen MR) is 84.1 cm³/mol. The van der Waals surface area contributed by atoms with Crippen LogP contribution in [0.15, 0.2) is 48.7 Å². The molecule has 6 heteroatoms. The van der Waals surface area contributed by atoms with E-state index in [9.17, 15) is 9.59 Å². The van der Waals surface area contributed by atoms with Crippen LogP contribution in [-0.4, -0.2) is 23.6 Å². The van der Waals surface area contributed by atoms with E-state index in [0.717, 1.165) is 0 Å². The molecule has 2 amide bonds. The lowest BCUT2D eigenvalue weighted by Crippen LogP contribution is -2.26. The van der Waals surface area contributed by atoms with Gasteiger partial charge < -0.3 is 4.74 Å². The van der Waals surface area contributed by atoms with E-state index in [2.05, 4.69) is 10.3 Å². The summed E-state index contributed by atoms with van der Waals surface area (Å²) in [6.07, 6.45) is 0.971. The monoisotopic (exact) mass is 299 g/mol. The average molecular weight is 299 g/mol. The SMILES string of the molecule is CCOC(=O)Nc1cccnc1N(C(C)=O)c1ccccc1. The number of nitrogens with zero attached hydrogens (tertiary/aromatic N) is 2. The van der Waals surface area contributed by atoms with E-state index in [1.807, 2.05) is 18.2 Å². The first-order valence-electron chi connectivity index (χ1n) is 6.88. The van der Waals surface area contributed by atoms with Crippen LogP contribution >= 0.6 is 0 Å². The van der Waals surface area contributed by atoms with Crippen LogP contribution in [0.2, 0.25) is 0 Å². The van der Waals surface area contributed by atoms with Gasteiger partial charge in [-0.2, -0.15) is 0 Å². The van der Waals surface area contributed by atoms with Gasteiger partial charge in [0.25, 0.3) is 0 Å². The minimum Gasteiger partial charge on any atom is -0.450 e. The molecule has 22 heavy (non-hydrogen) atoms. The highest BCUT2D eigenvalue weighted by Gasteiger charge is 2.19. The van der Waals surface area contributed by atoms with E-state index >= 15 is 0 Å². The van der Waals surface area contributed by atoms with Gasteiger partial charge in [0.05, 0.1) is 18.0 Å². The van der Waals surface area contributed by atoms with Crippen LogP contribution < -0.4 is 10.2 Å². The molecule has 0 radical (unpaired) electrons. The number of hydrogen-bond acceptors (Lipinski definition) is 4. The molecule has 0 unspecified atom stereocenters. The summed E-state index contributed by atoms with van der Waals surface area (Å²) >= 11 is 0. The summed E-state index contributed by atoms with van der Waals surface area (Å²) in [5.74, 6) is 0.131. The Hall–Kier alpha value is -2.89. The largest absolute Gasteiger partial charge is 0.450 e. The number of aromatic nitrogens is 1. The van der Waals surface area contributed by atoms with Crippen molar-refractivity contribution < 1.29 is 14.3 Å². The average Bonchev–Trinajstić information content (AvgIpc) is 2.50. The summed E-state index contributed by atoms with van der Waals surface area (Å²) in [6, 6.07) is 12.4. The van der Waals surface area contributed by atoms with E-state index < -0.39 is 6.09 Å². The number of rotatable bonds is 4. The standard InChI is InChI=1S/C16H17N3O3/c1-3-22-16(21)18-14-10-7-11-17-15(14)19(12(2)20)13-8-5-4-6-9-13/h4-11H,3H2,1-2H3,(H,18,21). The smallest absolute Gasteiger partial charge is 0.411 e. The Bertz CT molecular complexity index is 659. The van der Waals surface area contributed by atoms with Crippen molar-refractivity contribution >= 4 is 29.2 Å². The third-order valence-electron chi connectivity index (χ3n) is 2.84. The van der Waals surface area contributed by atoms with Gasteiger partial charge >= 0.3 is 6.09 Å². The normalized spacial score (nSPS) is 9.91. The Balaban J connectivity index is 2.41. The quantitative estimate of drug-likeness (QED) is 0.940. The number of nitrogens with one attached hydrogen (secondary N) is 1. The van der Waals surface area contributed by atoms with Crippen molar-refractivity contribution in [1.29, 1.82) is 0 Å². The highest BCUT2D eigenvalue weighted by atomic mass is 16.5. The van der Waals surface area contributed by atoms with Crippen molar-refractivity contribution in [2.45, 2.75) is 13.8 Å². The van der Waals surface area contributed by atoms with E-state index in [0.29, 0.717) is 17.2 Å². The molecule has 1 heterocycles. The number of anilines is 3. The summed E-state index contributed by atoms with van der Waals surface area (Å²) in [4.78, 5) is 29.3. The van der Waals surface area contributed by atoms with Gasteiger partial charge in [0.2, 0.25) is 5.91 Å². The molecule has 0 saturated carbocycles. The lowest BCUT2D eigenvalue weighted by Gasteiger charge is -2.22. The number of pyridine rings is 1. The van der Waals surface area contributed by atoms with Gasteiger partial charge in [-0.05, 0) is 31.2 Å². The molecule has 0 saturated heterocycles. The van der Waals surface area contributed by atoms with Crippen LogP contribution in [0.4, 0.5) is 22.0 Å². The van der Waals surface area contributed by atoms with Crippen molar-refractivity contribution in [3.05, 3.63) is 48.7 Å². The number of carbonyl (C=O) groups is 2. The zero-order valence-corrected chi connectivity index (χ0v) is 12.4. The van der Waals surface area contributed by atoms with Crippen LogP contribution in [-0.2, 0) is 9.53 Å². The van der Waals surface area contributed by atoms with Gasteiger partial charge in [-0.15, -0.1) is 0 Å². The molecule has 2 rings (SSSR count). The first kappa shape index (κ1) is 15.5. The molecule has 0 fully saturated rings. The lowest BCUT2D eigenvalue weighted by atomic mass is 10.2. The van der Waals surface area contributed by atoms with Crippen LogP contribution in [0.25, 0.3) is 0 Å². The molecule has 2 aromatic rings. The molecular formula is C16H17N3O3. The van der Waals surface area contributed by atoms with Crippen molar-refractivity contribution in [1.82, 2.24) is 4.98 Å². The molecule has 0 aliphatic carbocycles. The maximum atomic E-state index is 12.1. The molecule has 0 aliphatic rings. The van der Waals surface area contributed by atoms with Gasteiger partial charge in [-0.1, -0.05) is 18.2 Å². The van der Waals surface area contributed by atoms with E-state index in [1.54, 1.807) is 37.4 Å². The van der Waals surface area contributed by atoms with Gasteiger partial charge in [0.15, 0.2) is 5.82 Å². The van der Waals surface area contributed by atoms with E-state index in [4.69, 9.17) is 4.74 Å². The third kappa shape index (κ3) is 3.60. The second-order valence-corrected chi connectivity index (χ2v) is 4.41. The first-order chi connectivity index (χ1) is 10.6. The Morgan fingerprint density at radius 2 is 1.91 bits per heavy atom. The van der Waals surface area contributed by atoms with Crippen LogP contribution in [0.5, 0.6) is 0 Å². The van der Waals surface area contributed by atoms with Gasteiger partial charge in [-0.3, -0.25) is 15.0 Å². The maximum Gasteiger partial charge on any atom is 0.411 e. The number of carbonyl (C=O) groups excluding carboxylic acids is 2. The van der Waals surface area contributed by atoms with Gasteiger partial charge in [0, 0.05) is 13.1 Å². The number of hydrogen-bond donors (Lipinski definition) is 1. The Kier molecular flexibility index (Phi) is 5.08. The second kappa shape index (κ2) is 7.21. The third-order valence-corrected chi connectivity index (χ3v) is 2.84. The molecule has 0 bridgehead atoms. The molecule has 114 valence electrons. The Morgan fingerprint density at radius 3 is 2.55 bits per heavy atom. The zero-order chi connectivity index (χ0) is 15.9. The van der Waals surface area contributed by atoms with Crippen molar-refractivity contribution in [3.63, 3.8) is 0 Å². The Morgan fingerprint density at radius 1 is 1.18 bits per heavy atom. The lowest BCUT2D eigenvalue weighted by molar-refractivity contribution is -0.115. The molecule has 0 aliphatic heterocycles. The van der Waals surface area contributed by atoms with Crippen LogP contribution in [0.3, 0.4) is 0 Å².